The van der Waals surface area contributed by atoms with Gasteiger partial charge in [-0.2, -0.15) is 0 Å². The molecule has 1 aromatic rings. The number of nitrogens with zero attached hydrogens (tertiary/aromatic N) is 2. The lowest BCUT2D eigenvalue weighted by Gasteiger charge is -2.22. The molecule has 1 aliphatic heterocycles. The number of aromatic nitrogens is 2. The number of amides is 1. The maximum Gasteiger partial charge on any atom is 0.272 e. The molecule has 1 atom stereocenters. The van der Waals surface area contributed by atoms with E-state index >= 15 is 0 Å². The Labute approximate surface area is 124 Å². The van der Waals surface area contributed by atoms with Crippen LogP contribution in [0.1, 0.15) is 36.7 Å². The quantitative estimate of drug-likeness (QED) is 0.826. The molecular weight excluding hydrogens is 292 g/mol. The zero-order valence-corrected chi connectivity index (χ0v) is 12.8. The van der Waals surface area contributed by atoms with Gasteiger partial charge in [0, 0.05) is 12.6 Å². The summed E-state index contributed by atoms with van der Waals surface area (Å²) in [5, 5.41) is 13.6. The first-order valence-corrected chi connectivity index (χ1v) is 8.91. The van der Waals surface area contributed by atoms with Gasteiger partial charge in [-0.25, -0.2) is 8.42 Å². The van der Waals surface area contributed by atoms with E-state index in [0.717, 1.165) is 13.0 Å². The molecule has 0 aromatic carbocycles. The molecule has 0 saturated carbocycles. The lowest BCUT2D eigenvalue weighted by molar-refractivity contribution is 0.0932. The molecule has 1 aliphatic rings. The highest BCUT2D eigenvalue weighted by molar-refractivity contribution is 7.91. The Morgan fingerprint density at radius 2 is 2.19 bits per heavy atom. The Kier molecular flexibility index (Phi) is 5.11. The van der Waals surface area contributed by atoms with Gasteiger partial charge in [0.15, 0.2) is 15.5 Å². The predicted octanol–water partition coefficient (Wildman–Crippen LogP) is 0.605. The van der Waals surface area contributed by atoms with E-state index < -0.39 is 9.84 Å². The van der Waals surface area contributed by atoms with E-state index in [-0.39, 0.29) is 29.1 Å². The third kappa shape index (κ3) is 4.66. The fraction of sp³-hybridized carbons (Fsp3) is 0.615. The highest BCUT2D eigenvalue weighted by atomic mass is 32.2. The lowest BCUT2D eigenvalue weighted by Crippen LogP contribution is -2.43. The number of sulfone groups is 1. The number of anilines is 1. The Morgan fingerprint density at radius 3 is 2.81 bits per heavy atom. The van der Waals surface area contributed by atoms with E-state index in [0.29, 0.717) is 18.7 Å². The molecule has 0 aliphatic carbocycles. The molecule has 0 radical (unpaired) electrons. The SMILES string of the molecule is CCCNc1ccc(C(=O)NC2CCCS(=O)(=O)C2)nn1. The number of hydrogen-bond acceptors (Lipinski definition) is 6. The van der Waals surface area contributed by atoms with E-state index in [9.17, 15) is 13.2 Å². The molecule has 2 rings (SSSR count). The minimum Gasteiger partial charge on any atom is -0.369 e. The molecule has 21 heavy (non-hydrogen) atoms. The van der Waals surface area contributed by atoms with Crippen LogP contribution in [0, 0.1) is 0 Å². The molecule has 2 N–H and O–H groups in total. The maximum atomic E-state index is 12.0. The average molecular weight is 312 g/mol. The molecule has 1 unspecified atom stereocenters. The molecule has 0 spiro atoms. The first kappa shape index (κ1) is 15.7. The summed E-state index contributed by atoms with van der Waals surface area (Å²) in [6.45, 7) is 2.83. The molecular formula is C13H20N4O3S. The average Bonchev–Trinajstić information content (AvgIpc) is 2.44. The largest absolute Gasteiger partial charge is 0.369 e. The van der Waals surface area contributed by atoms with Crippen LogP contribution in [0.2, 0.25) is 0 Å². The first-order valence-electron chi connectivity index (χ1n) is 7.09. The molecule has 116 valence electrons. The van der Waals surface area contributed by atoms with Crippen LogP contribution in [0.3, 0.4) is 0 Å². The van der Waals surface area contributed by atoms with Crippen molar-refractivity contribution in [3.63, 3.8) is 0 Å². The van der Waals surface area contributed by atoms with Crippen LogP contribution < -0.4 is 10.6 Å². The monoisotopic (exact) mass is 312 g/mol. The van der Waals surface area contributed by atoms with Gasteiger partial charge in [0.2, 0.25) is 0 Å². The number of carbonyl (C=O) groups is 1. The Balaban J connectivity index is 1.94. The van der Waals surface area contributed by atoms with E-state index in [4.69, 9.17) is 0 Å². The van der Waals surface area contributed by atoms with Gasteiger partial charge >= 0.3 is 0 Å². The normalized spacial score (nSPS) is 20.7. The van der Waals surface area contributed by atoms with Crippen molar-refractivity contribution in [2.45, 2.75) is 32.2 Å². The third-order valence-electron chi connectivity index (χ3n) is 3.25. The molecule has 1 saturated heterocycles. The first-order chi connectivity index (χ1) is 10.00. The smallest absolute Gasteiger partial charge is 0.272 e. The van der Waals surface area contributed by atoms with Crippen molar-refractivity contribution >= 4 is 21.6 Å². The highest BCUT2D eigenvalue weighted by Gasteiger charge is 2.26. The molecule has 1 amide bonds. The standard InChI is InChI=1S/C13H20N4O3S/c1-2-7-14-12-6-5-11(16-17-12)13(18)15-10-4-3-8-21(19,20)9-10/h5-6,10H,2-4,7-9H2,1H3,(H,14,17)(H,15,18). The van der Waals surface area contributed by atoms with Crippen LogP contribution in [-0.2, 0) is 9.84 Å². The lowest BCUT2D eigenvalue weighted by atomic mass is 10.2. The van der Waals surface area contributed by atoms with E-state index in [2.05, 4.69) is 20.8 Å². The maximum absolute atomic E-state index is 12.0. The van der Waals surface area contributed by atoms with E-state index in [1.165, 1.54) is 0 Å². The number of hydrogen-bond donors (Lipinski definition) is 2. The topological polar surface area (TPSA) is 101 Å². The fourth-order valence-electron chi connectivity index (χ4n) is 2.20. The summed E-state index contributed by atoms with van der Waals surface area (Å²) < 4.78 is 23.1. The Morgan fingerprint density at radius 1 is 1.38 bits per heavy atom. The summed E-state index contributed by atoms with van der Waals surface area (Å²) in [7, 11) is -3.04. The summed E-state index contributed by atoms with van der Waals surface area (Å²) in [6.07, 6.45) is 2.23. The fourth-order valence-corrected chi connectivity index (χ4v) is 3.83. The van der Waals surface area contributed by atoms with Gasteiger partial charge in [-0.3, -0.25) is 4.79 Å². The second-order valence-electron chi connectivity index (χ2n) is 5.16. The van der Waals surface area contributed by atoms with Crippen molar-refractivity contribution in [1.29, 1.82) is 0 Å². The Bertz CT molecular complexity index is 586. The van der Waals surface area contributed by atoms with Crippen LogP contribution in [0.15, 0.2) is 12.1 Å². The number of rotatable bonds is 5. The number of carbonyl (C=O) groups excluding carboxylic acids is 1. The van der Waals surface area contributed by atoms with Crippen molar-refractivity contribution in [2.24, 2.45) is 0 Å². The molecule has 1 aromatic heterocycles. The summed E-state index contributed by atoms with van der Waals surface area (Å²) in [5.41, 5.74) is 0.194. The minimum absolute atomic E-state index is 0.00229. The van der Waals surface area contributed by atoms with Crippen molar-refractivity contribution < 1.29 is 13.2 Å². The highest BCUT2D eigenvalue weighted by Crippen LogP contribution is 2.12. The molecule has 7 nitrogen and oxygen atoms in total. The summed E-state index contributed by atoms with van der Waals surface area (Å²) in [5.74, 6) is 0.444. The van der Waals surface area contributed by atoms with E-state index in [1.807, 2.05) is 6.92 Å². The van der Waals surface area contributed by atoms with Gasteiger partial charge in [-0.1, -0.05) is 6.92 Å². The molecule has 2 heterocycles. The van der Waals surface area contributed by atoms with Crippen LogP contribution in [0.25, 0.3) is 0 Å². The van der Waals surface area contributed by atoms with Gasteiger partial charge in [0.1, 0.15) is 5.82 Å². The minimum atomic E-state index is -3.04. The van der Waals surface area contributed by atoms with Crippen LogP contribution in [-0.4, -0.2) is 48.6 Å². The third-order valence-corrected chi connectivity index (χ3v) is 5.07. The summed E-state index contributed by atoms with van der Waals surface area (Å²) in [6, 6.07) is 2.93. The summed E-state index contributed by atoms with van der Waals surface area (Å²) in [4.78, 5) is 12.0. The van der Waals surface area contributed by atoms with Crippen molar-refractivity contribution in [1.82, 2.24) is 15.5 Å². The predicted molar refractivity (Wildman–Crippen MR) is 80.0 cm³/mol. The molecule has 1 fully saturated rings. The van der Waals surface area contributed by atoms with Gasteiger partial charge < -0.3 is 10.6 Å². The Hall–Kier alpha value is -1.70. The second kappa shape index (κ2) is 6.84. The van der Waals surface area contributed by atoms with Gasteiger partial charge in [-0.05, 0) is 31.4 Å². The number of nitrogens with one attached hydrogen (secondary N) is 2. The second-order valence-corrected chi connectivity index (χ2v) is 7.39. The molecule has 0 bridgehead atoms. The van der Waals surface area contributed by atoms with Gasteiger partial charge in [-0.15, -0.1) is 10.2 Å². The van der Waals surface area contributed by atoms with Crippen LogP contribution >= 0.6 is 0 Å². The molecule has 8 heteroatoms. The van der Waals surface area contributed by atoms with Crippen molar-refractivity contribution in [3.8, 4) is 0 Å². The van der Waals surface area contributed by atoms with Crippen molar-refractivity contribution in [3.05, 3.63) is 17.8 Å². The van der Waals surface area contributed by atoms with Crippen molar-refractivity contribution in [2.75, 3.05) is 23.4 Å². The van der Waals surface area contributed by atoms with Crippen LogP contribution in [0.5, 0.6) is 0 Å². The summed E-state index contributed by atoms with van der Waals surface area (Å²) >= 11 is 0. The zero-order valence-electron chi connectivity index (χ0n) is 12.0. The van der Waals surface area contributed by atoms with Gasteiger partial charge in [0.25, 0.3) is 5.91 Å². The van der Waals surface area contributed by atoms with Crippen LogP contribution in [0.4, 0.5) is 5.82 Å². The van der Waals surface area contributed by atoms with Gasteiger partial charge in [0.05, 0.1) is 11.5 Å². The zero-order chi connectivity index (χ0) is 15.3. The van der Waals surface area contributed by atoms with E-state index in [1.54, 1.807) is 12.1 Å².